The second-order valence-corrected chi connectivity index (χ2v) is 9.39. The molecule has 0 spiro atoms. The largest absolute Gasteiger partial charge is 0.493 e. The molecule has 1 aliphatic heterocycles. The molecule has 0 unspecified atom stereocenters. The lowest BCUT2D eigenvalue weighted by molar-refractivity contribution is -0.123. The summed E-state index contributed by atoms with van der Waals surface area (Å²) in [5.74, 6) is -0.408. The molecule has 4 rings (SSSR count). The Morgan fingerprint density at radius 3 is 2.53 bits per heavy atom. The van der Waals surface area contributed by atoms with Crippen LogP contribution in [0, 0.1) is 0 Å². The van der Waals surface area contributed by atoms with Gasteiger partial charge in [0.15, 0.2) is 11.5 Å². The number of hydrogen-bond donors (Lipinski definition) is 0. The van der Waals surface area contributed by atoms with Crippen LogP contribution in [0.5, 0.6) is 11.5 Å². The molecule has 0 N–H and O–H groups in total. The average molecular weight is 559 g/mol. The number of ether oxygens (including phenoxy) is 2. The zero-order valence-electron chi connectivity index (χ0n) is 17.8. The fourth-order valence-electron chi connectivity index (χ4n) is 3.22. The standard InChI is InChI=1S/C25H17BrClNO5S/c1-32-21-12-15(10-11-20(21)33-24(30)17-7-3-4-8-18(17)26)13-22-23(29)28(25(31)34-22)14-16-6-2-5-9-19(16)27/h2-13H,14H2,1H3/b22-13-. The van der Waals surface area contributed by atoms with Gasteiger partial charge in [0, 0.05) is 9.50 Å². The minimum absolute atomic E-state index is 0.0922. The molecule has 0 atom stereocenters. The van der Waals surface area contributed by atoms with Crippen molar-refractivity contribution in [2.75, 3.05) is 7.11 Å². The molecule has 34 heavy (non-hydrogen) atoms. The number of imide groups is 1. The van der Waals surface area contributed by atoms with E-state index in [1.54, 1.807) is 72.8 Å². The predicted molar refractivity (Wildman–Crippen MR) is 135 cm³/mol. The number of halogens is 2. The second-order valence-electron chi connectivity index (χ2n) is 7.14. The Labute approximate surface area is 213 Å². The number of rotatable bonds is 6. The van der Waals surface area contributed by atoms with E-state index in [2.05, 4.69) is 15.9 Å². The quantitative estimate of drug-likeness (QED) is 0.194. The van der Waals surface area contributed by atoms with Gasteiger partial charge in [0.05, 0.1) is 24.1 Å². The SMILES string of the molecule is COc1cc(/C=C2\SC(=O)N(Cc3ccccc3Cl)C2=O)ccc1OC(=O)c1ccccc1Br. The Morgan fingerprint density at radius 2 is 1.79 bits per heavy atom. The number of amides is 2. The normalized spacial score (nSPS) is 14.6. The maximum Gasteiger partial charge on any atom is 0.344 e. The van der Waals surface area contributed by atoms with Crippen molar-refractivity contribution in [2.45, 2.75) is 6.54 Å². The summed E-state index contributed by atoms with van der Waals surface area (Å²) in [5, 5.41) is 0.116. The lowest BCUT2D eigenvalue weighted by Crippen LogP contribution is -2.27. The summed E-state index contributed by atoms with van der Waals surface area (Å²) in [6, 6.07) is 18.9. The van der Waals surface area contributed by atoms with E-state index in [9.17, 15) is 14.4 Å². The molecule has 9 heteroatoms. The summed E-state index contributed by atoms with van der Waals surface area (Å²) < 4.78 is 11.5. The van der Waals surface area contributed by atoms with E-state index >= 15 is 0 Å². The second kappa shape index (κ2) is 10.5. The van der Waals surface area contributed by atoms with Crippen LogP contribution in [0.4, 0.5) is 4.79 Å². The first kappa shape index (κ1) is 24.1. The van der Waals surface area contributed by atoms with Gasteiger partial charge in [0.2, 0.25) is 0 Å². The molecule has 3 aromatic carbocycles. The number of hydrogen-bond acceptors (Lipinski definition) is 6. The molecule has 1 aliphatic rings. The van der Waals surface area contributed by atoms with Gasteiger partial charge < -0.3 is 9.47 Å². The van der Waals surface area contributed by atoms with Gasteiger partial charge in [-0.05, 0) is 75.2 Å². The van der Waals surface area contributed by atoms with Crippen LogP contribution in [0.1, 0.15) is 21.5 Å². The molecule has 2 amide bonds. The number of benzene rings is 3. The molecule has 0 radical (unpaired) electrons. The van der Waals surface area contributed by atoms with Crippen LogP contribution in [0.25, 0.3) is 6.08 Å². The Hall–Kier alpha value is -3.07. The molecule has 0 bridgehead atoms. The van der Waals surface area contributed by atoms with Gasteiger partial charge in [0.25, 0.3) is 11.1 Å². The maximum atomic E-state index is 12.9. The summed E-state index contributed by atoms with van der Waals surface area (Å²) in [4.78, 5) is 39.3. The predicted octanol–water partition coefficient (Wildman–Crippen LogP) is 6.57. The molecule has 1 heterocycles. The van der Waals surface area contributed by atoms with Crippen LogP contribution in [0.3, 0.4) is 0 Å². The molecule has 3 aromatic rings. The van der Waals surface area contributed by atoms with E-state index < -0.39 is 11.9 Å². The van der Waals surface area contributed by atoms with Crippen LogP contribution >= 0.6 is 39.3 Å². The van der Waals surface area contributed by atoms with Gasteiger partial charge in [0.1, 0.15) is 0 Å². The minimum atomic E-state index is -0.542. The van der Waals surface area contributed by atoms with Crippen LogP contribution in [-0.4, -0.2) is 29.1 Å². The molecule has 1 fully saturated rings. The summed E-state index contributed by atoms with van der Waals surface area (Å²) in [7, 11) is 1.45. The molecule has 172 valence electrons. The Kier molecular flexibility index (Phi) is 7.41. The number of carbonyl (C=O) groups excluding carboxylic acids is 3. The highest BCUT2D eigenvalue weighted by molar-refractivity contribution is 9.10. The highest BCUT2D eigenvalue weighted by Crippen LogP contribution is 2.36. The molecular formula is C25H17BrClNO5S. The minimum Gasteiger partial charge on any atom is -0.493 e. The zero-order chi connectivity index (χ0) is 24.2. The van der Waals surface area contributed by atoms with Crippen molar-refractivity contribution >= 4 is 62.5 Å². The van der Waals surface area contributed by atoms with E-state index in [4.69, 9.17) is 21.1 Å². The van der Waals surface area contributed by atoms with E-state index in [0.717, 1.165) is 16.7 Å². The summed E-state index contributed by atoms with van der Waals surface area (Å²) in [6.45, 7) is 0.0922. The van der Waals surface area contributed by atoms with Crippen molar-refractivity contribution in [1.29, 1.82) is 0 Å². The molecule has 0 aromatic heterocycles. The van der Waals surface area contributed by atoms with Crippen LogP contribution in [-0.2, 0) is 11.3 Å². The maximum absolute atomic E-state index is 12.9. The van der Waals surface area contributed by atoms with E-state index in [-0.39, 0.29) is 22.4 Å². The van der Waals surface area contributed by atoms with Crippen molar-refractivity contribution in [3.8, 4) is 11.5 Å². The smallest absolute Gasteiger partial charge is 0.344 e. The van der Waals surface area contributed by atoms with Crippen molar-refractivity contribution in [1.82, 2.24) is 4.90 Å². The van der Waals surface area contributed by atoms with Crippen molar-refractivity contribution in [2.24, 2.45) is 0 Å². The van der Waals surface area contributed by atoms with Crippen molar-refractivity contribution in [3.05, 3.63) is 97.8 Å². The van der Waals surface area contributed by atoms with Crippen molar-refractivity contribution in [3.63, 3.8) is 0 Å². The average Bonchev–Trinajstić information content (AvgIpc) is 3.08. The van der Waals surface area contributed by atoms with Crippen LogP contribution < -0.4 is 9.47 Å². The van der Waals surface area contributed by atoms with Gasteiger partial charge in [-0.1, -0.05) is 48.0 Å². The van der Waals surface area contributed by atoms with Crippen LogP contribution in [0.2, 0.25) is 5.02 Å². The third-order valence-corrected chi connectivity index (χ3v) is 6.91. The summed E-state index contributed by atoms with van der Waals surface area (Å²) in [5.41, 5.74) is 1.67. The fraction of sp³-hybridized carbons (Fsp3) is 0.0800. The van der Waals surface area contributed by atoms with E-state index in [1.165, 1.54) is 7.11 Å². The number of carbonyl (C=O) groups is 3. The molecule has 6 nitrogen and oxygen atoms in total. The molecule has 0 saturated carbocycles. The number of methoxy groups -OCH3 is 1. The van der Waals surface area contributed by atoms with E-state index in [0.29, 0.717) is 31.9 Å². The van der Waals surface area contributed by atoms with Crippen LogP contribution in [0.15, 0.2) is 76.1 Å². The van der Waals surface area contributed by atoms with Gasteiger partial charge in [-0.25, -0.2) is 4.79 Å². The highest BCUT2D eigenvalue weighted by atomic mass is 79.9. The Morgan fingerprint density at radius 1 is 1.06 bits per heavy atom. The van der Waals surface area contributed by atoms with Gasteiger partial charge in [-0.15, -0.1) is 0 Å². The number of thioether (sulfide) groups is 1. The Balaban J connectivity index is 1.53. The topological polar surface area (TPSA) is 72.9 Å². The van der Waals surface area contributed by atoms with Gasteiger partial charge in [-0.2, -0.15) is 0 Å². The van der Waals surface area contributed by atoms with Gasteiger partial charge in [-0.3, -0.25) is 14.5 Å². The third kappa shape index (κ3) is 5.19. The lowest BCUT2D eigenvalue weighted by Gasteiger charge is -2.13. The first-order valence-corrected chi connectivity index (χ1v) is 12.0. The highest BCUT2D eigenvalue weighted by Gasteiger charge is 2.35. The monoisotopic (exact) mass is 557 g/mol. The number of esters is 1. The van der Waals surface area contributed by atoms with Crippen molar-refractivity contribution < 1.29 is 23.9 Å². The first-order valence-electron chi connectivity index (χ1n) is 10.0. The molecule has 0 aliphatic carbocycles. The first-order chi connectivity index (χ1) is 16.4. The lowest BCUT2D eigenvalue weighted by atomic mass is 10.1. The van der Waals surface area contributed by atoms with Gasteiger partial charge >= 0.3 is 5.97 Å². The molecule has 1 saturated heterocycles. The third-order valence-electron chi connectivity index (χ3n) is 4.94. The summed E-state index contributed by atoms with van der Waals surface area (Å²) >= 11 is 10.4. The number of nitrogens with zero attached hydrogens (tertiary/aromatic N) is 1. The summed E-state index contributed by atoms with van der Waals surface area (Å²) in [6.07, 6.45) is 1.60. The van der Waals surface area contributed by atoms with E-state index in [1.807, 2.05) is 0 Å². The zero-order valence-corrected chi connectivity index (χ0v) is 20.9. The fourth-order valence-corrected chi connectivity index (χ4v) is 4.70. The Bertz CT molecular complexity index is 1330. The molecular weight excluding hydrogens is 542 g/mol.